The maximum absolute atomic E-state index is 11.6. The van der Waals surface area contributed by atoms with E-state index in [2.05, 4.69) is 10.6 Å². The molecule has 4 N–H and O–H groups in total. The Morgan fingerprint density at radius 1 is 1.25 bits per heavy atom. The Labute approximate surface area is 125 Å². The van der Waals surface area contributed by atoms with Crippen molar-refractivity contribution >= 4 is 40.9 Å². The van der Waals surface area contributed by atoms with E-state index in [1.165, 1.54) is 25.1 Å². The average Bonchev–Trinajstić information content (AvgIpc) is 2.23. The van der Waals surface area contributed by atoms with Gasteiger partial charge in [-0.3, -0.25) is 4.79 Å². The number of carboxylic acids is 1. The van der Waals surface area contributed by atoms with Crippen LogP contribution in [0.4, 0.5) is 10.5 Å². The number of carboxylic acid groups (broad SMARTS) is 1. The highest BCUT2D eigenvalue weighted by Gasteiger charge is 2.24. The summed E-state index contributed by atoms with van der Waals surface area (Å²) in [6.45, 7) is 1.11. The second-order valence-electron chi connectivity index (χ2n) is 4.53. The molecule has 0 bridgehead atoms. The second kappa shape index (κ2) is 6.78. The Balaban J connectivity index is 2.53. The minimum atomic E-state index is -1.53. The van der Waals surface area contributed by atoms with E-state index in [1.807, 2.05) is 0 Å². The highest BCUT2D eigenvalue weighted by atomic mass is 35.5. The Hall–Kier alpha value is -1.50. The smallest absolute Gasteiger partial charge is 0.319 e. The molecule has 1 aromatic carbocycles. The number of amides is 2. The summed E-state index contributed by atoms with van der Waals surface area (Å²) in [6, 6.07) is 3.92. The third kappa shape index (κ3) is 6.10. The van der Waals surface area contributed by atoms with Crippen molar-refractivity contribution in [3.05, 3.63) is 28.2 Å². The zero-order valence-corrected chi connectivity index (χ0v) is 12.1. The predicted molar refractivity (Wildman–Crippen MR) is 76.4 cm³/mol. The number of hydrogen-bond donors (Lipinski definition) is 4. The number of carbonyl (C=O) groups excluding carboxylic acids is 1. The predicted octanol–water partition coefficient (Wildman–Crippen LogP) is 2.34. The van der Waals surface area contributed by atoms with Gasteiger partial charge in [0.1, 0.15) is 0 Å². The lowest BCUT2D eigenvalue weighted by molar-refractivity contribution is -0.141. The molecule has 0 radical (unpaired) electrons. The molecule has 0 saturated heterocycles. The summed E-state index contributed by atoms with van der Waals surface area (Å²) in [6.07, 6.45) is -0.476. The summed E-state index contributed by atoms with van der Waals surface area (Å²) >= 11 is 11.6. The third-order valence-corrected chi connectivity index (χ3v) is 2.72. The van der Waals surface area contributed by atoms with Crippen molar-refractivity contribution in [2.45, 2.75) is 18.9 Å². The Morgan fingerprint density at radius 2 is 1.80 bits per heavy atom. The molecule has 6 nitrogen and oxygen atoms in total. The first-order valence-corrected chi connectivity index (χ1v) is 6.39. The molecule has 0 aliphatic carbocycles. The number of carbonyl (C=O) groups is 2. The molecule has 1 unspecified atom stereocenters. The second-order valence-corrected chi connectivity index (χ2v) is 5.41. The van der Waals surface area contributed by atoms with Gasteiger partial charge in [0, 0.05) is 22.3 Å². The summed E-state index contributed by atoms with van der Waals surface area (Å²) in [5.41, 5.74) is -1.15. The third-order valence-electron chi connectivity index (χ3n) is 2.28. The van der Waals surface area contributed by atoms with Crippen LogP contribution in [-0.2, 0) is 4.79 Å². The van der Waals surface area contributed by atoms with Crippen LogP contribution < -0.4 is 10.6 Å². The number of rotatable bonds is 5. The first kappa shape index (κ1) is 16.6. The molecular weight excluding hydrogens is 307 g/mol. The number of anilines is 1. The topological polar surface area (TPSA) is 98.7 Å². The molecule has 0 spiro atoms. The normalized spacial score (nSPS) is 13.4. The van der Waals surface area contributed by atoms with Gasteiger partial charge in [-0.2, -0.15) is 0 Å². The van der Waals surface area contributed by atoms with E-state index in [0.29, 0.717) is 15.7 Å². The van der Waals surface area contributed by atoms with Crippen LogP contribution in [0.3, 0.4) is 0 Å². The summed E-state index contributed by atoms with van der Waals surface area (Å²) in [7, 11) is 0. The summed E-state index contributed by atoms with van der Waals surface area (Å²) in [4.78, 5) is 22.1. The molecule has 20 heavy (non-hydrogen) atoms. The summed E-state index contributed by atoms with van der Waals surface area (Å²) in [5, 5.41) is 23.9. The van der Waals surface area contributed by atoms with Crippen LogP contribution in [0.25, 0.3) is 0 Å². The van der Waals surface area contributed by atoms with Gasteiger partial charge in [0.05, 0.1) is 12.0 Å². The molecule has 8 heteroatoms. The van der Waals surface area contributed by atoms with Crippen LogP contribution >= 0.6 is 23.2 Å². The number of nitrogens with one attached hydrogen (secondary N) is 2. The molecular formula is C12H14Cl2N2O4. The monoisotopic (exact) mass is 320 g/mol. The summed E-state index contributed by atoms with van der Waals surface area (Å²) in [5.74, 6) is -1.15. The van der Waals surface area contributed by atoms with Crippen LogP contribution in [0.15, 0.2) is 18.2 Å². The molecule has 110 valence electrons. The maximum Gasteiger partial charge on any atom is 0.319 e. The molecule has 1 rings (SSSR count). The Morgan fingerprint density at radius 3 is 2.30 bits per heavy atom. The lowest BCUT2D eigenvalue weighted by Gasteiger charge is -2.21. The number of benzene rings is 1. The van der Waals surface area contributed by atoms with Crippen molar-refractivity contribution in [1.29, 1.82) is 0 Å². The van der Waals surface area contributed by atoms with Gasteiger partial charge < -0.3 is 20.8 Å². The van der Waals surface area contributed by atoms with E-state index in [1.54, 1.807) is 0 Å². The highest BCUT2D eigenvalue weighted by Crippen LogP contribution is 2.22. The summed E-state index contributed by atoms with van der Waals surface area (Å²) < 4.78 is 0. The van der Waals surface area contributed by atoms with Gasteiger partial charge in [0.25, 0.3) is 0 Å². The van der Waals surface area contributed by atoms with Crippen molar-refractivity contribution in [2.24, 2.45) is 0 Å². The zero-order valence-electron chi connectivity index (χ0n) is 10.6. The highest BCUT2D eigenvalue weighted by molar-refractivity contribution is 6.35. The fourth-order valence-electron chi connectivity index (χ4n) is 1.46. The van der Waals surface area contributed by atoms with E-state index in [0.717, 1.165) is 0 Å². The molecule has 1 aromatic rings. The molecule has 0 aliphatic rings. The molecule has 0 fully saturated rings. The van der Waals surface area contributed by atoms with Gasteiger partial charge in [0.2, 0.25) is 0 Å². The number of halogens is 2. The Bertz CT molecular complexity index is 500. The zero-order chi connectivity index (χ0) is 15.3. The van der Waals surface area contributed by atoms with Crippen LogP contribution in [0, 0.1) is 0 Å². The van der Waals surface area contributed by atoms with Gasteiger partial charge in [-0.1, -0.05) is 23.2 Å². The fraction of sp³-hybridized carbons (Fsp3) is 0.333. The molecule has 0 aromatic heterocycles. The largest absolute Gasteiger partial charge is 0.481 e. The van der Waals surface area contributed by atoms with E-state index in [9.17, 15) is 14.7 Å². The van der Waals surface area contributed by atoms with Gasteiger partial charge in [0.15, 0.2) is 0 Å². The van der Waals surface area contributed by atoms with Crippen molar-refractivity contribution < 1.29 is 19.8 Å². The van der Waals surface area contributed by atoms with Crippen LogP contribution in [0.2, 0.25) is 10.0 Å². The number of urea groups is 1. The van der Waals surface area contributed by atoms with Gasteiger partial charge in [-0.15, -0.1) is 0 Å². The molecule has 2 amide bonds. The van der Waals surface area contributed by atoms with E-state index < -0.39 is 24.0 Å². The first-order valence-electron chi connectivity index (χ1n) is 5.63. The standard InChI is InChI=1S/C12H14Cl2N2O4/c1-12(20,5-10(17)18)6-15-11(19)16-9-3-7(13)2-8(14)4-9/h2-4,20H,5-6H2,1H3,(H,17,18)(H2,15,16,19). The quantitative estimate of drug-likeness (QED) is 0.669. The van der Waals surface area contributed by atoms with Gasteiger partial charge in [-0.05, 0) is 25.1 Å². The Kier molecular flexibility index (Phi) is 5.62. The fourth-order valence-corrected chi connectivity index (χ4v) is 1.99. The number of hydrogen-bond acceptors (Lipinski definition) is 3. The number of aliphatic hydroxyl groups is 1. The van der Waals surface area contributed by atoms with E-state index >= 15 is 0 Å². The van der Waals surface area contributed by atoms with E-state index in [-0.39, 0.29) is 6.54 Å². The maximum atomic E-state index is 11.6. The SMILES string of the molecule is CC(O)(CNC(=O)Nc1cc(Cl)cc(Cl)c1)CC(=O)O. The van der Waals surface area contributed by atoms with Crippen LogP contribution in [0.5, 0.6) is 0 Å². The van der Waals surface area contributed by atoms with Crippen LogP contribution in [0.1, 0.15) is 13.3 Å². The van der Waals surface area contributed by atoms with Crippen molar-refractivity contribution in [1.82, 2.24) is 5.32 Å². The van der Waals surface area contributed by atoms with E-state index in [4.69, 9.17) is 28.3 Å². The molecule has 0 heterocycles. The van der Waals surface area contributed by atoms with Gasteiger partial charge >= 0.3 is 12.0 Å². The number of aliphatic carboxylic acids is 1. The molecule has 0 saturated carbocycles. The van der Waals surface area contributed by atoms with Crippen molar-refractivity contribution in [3.63, 3.8) is 0 Å². The van der Waals surface area contributed by atoms with Crippen molar-refractivity contribution in [3.8, 4) is 0 Å². The van der Waals surface area contributed by atoms with Gasteiger partial charge in [-0.25, -0.2) is 4.79 Å². The lowest BCUT2D eigenvalue weighted by Crippen LogP contribution is -2.43. The molecule has 0 aliphatic heterocycles. The minimum Gasteiger partial charge on any atom is -0.481 e. The lowest BCUT2D eigenvalue weighted by atomic mass is 10.0. The van der Waals surface area contributed by atoms with Crippen LogP contribution in [-0.4, -0.2) is 34.4 Å². The van der Waals surface area contributed by atoms with Crippen molar-refractivity contribution in [2.75, 3.05) is 11.9 Å². The first-order chi connectivity index (χ1) is 9.18. The molecule has 1 atom stereocenters. The minimum absolute atomic E-state index is 0.209. The average molecular weight is 321 g/mol.